The molecular formula is C24H28O6. The Morgan fingerprint density at radius 2 is 1.73 bits per heavy atom. The highest BCUT2D eigenvalue weighted by Gasteiger charge is 2.16. The van der Waals surface area contributed by atoms with Gasteiger partial charge < -0.3 is 18.9 Å². The van der Waals surface area contributed by atoms with Crippen molar-refractivity contribution in [3.63, 3.8) is 0 Å². The molecule has 0 spiro atoms. The van der Waals surface area contributed by atoms with Crippen LogP contribution in [0.3, 0.4) is 0 Å². The summed E-state index contributed by atoms with van der Waals surface area (Å²) < 4.78 is 21.3. The monoisotopic (exact) mass is 412 g/mol. The number of esters is 1. The summed E-state index contributed by atoms with van der Waals surface area (Å²) in [5.41, 5.74) is 1.66. The molecule has 0 amide bonds. The van der Waals surface area contributed by atoms with Crippen molar-refractivity contribution in [2.45, 2.75) is 39.2 Å². The van der Waals surface area contributed by atoms with Gasteiger partial charge in [-0.2, -0.15) is 0 Å². The highest BCUT2D eigenvalue weighted by atomic mass is 16.6. The van der Waals surface area contributed by atoms with Crippen molar-refractivity contribution < 1.29 is 28.5 Å². The van der Waals surface area contributed by atoms with E-state index in [4.69, 9.17) is 18.9 Å². The number of carbonyl (C=O) groups excluding carboxylic acids is 2. The molecule has 0 aliphatic rings. The Balaban J connectivity index is 2.03. The van der Waals surface area contributed by atoms with Crippen molar-refractivity contribution >= 4 is 17.5 Å². The zero-order valence-electron chi connectivity index (χ0n) is 18.1. The van der Waals surface area contributed by atoms with Crippen molar-refractivity contribution in [1.82, 2.24) is 0 Å². The zero-order valence-corrected chi connectivity index (χ0v) is 18.1. The van der Waals surface area contributed by atoms with Crippen LogP contribution in [0, 0.1) is 0 Å². The molecule has 2 rings (SSSR count). The van der Waals surface area contributed by atoms with Crippen molar-refractivity contribution in [1.29, 1.82) is 0 Å². The predicted octanol–water partition coefficient (Wildman–Crippen LogP) is 4.27. The van der Waals surface area contributed by atoms with Gasteiger partial charge in [0.25, 0.3) is 0 Å². The van der Waals surface area contributed by atoms with Crippen LogP contribution in [-0.2, 0) is 20.7 Å². The number of carbonyl (C=O) groups is 1. The topological polar surface area (TPSA) is 71.1 Å². The minimum absolute atomic E-state index is 0.202. The summed E-state index contributed by atoms with van der Waals surface area (Å²) in [7, 11) is 3.17. The normalized spacial score (nSPS) is 10.7. The lowest BCUT2D eigenvalue weighted by Gasteiger charge is -2.19. The standard InChI is InChI=1S/C24H28O6/c1-24(2,3)30-23(26)16-29-20-8-6-7-18(14-20)19(15-25)11-9-17-10-12-21(27-4)22(13-17)28-5/h6-8,10,12-14H,9,11,16H2,1-5H3. The van der Waals surface area contributed by atoms with E-state index >= 15 is 0 Å². The van der Waals surface area contributed by atoms with Gasteiger partial charge in [-0.15, -0.1) is 0 Å². The molecular weight excluding hydrogens is 384 g/mol. The molecule has 0 heterocycles. The van der Waals surface area contributed by atoms with E-state index in [1.54, 1.807) is 53.2 Å². The third-order valence-electron chi connectivity index (χ3n) is 4.19. The van der Waals surface area contributed by atoms with Crippen LogP contribution in [-0.4, -0.2) is 38.3 Å². The van der Waals surface area contributed by atoms with Crippen molar-refractivity contribution in [2.24, 2.45) is 0 Å². The average Bonchev–Trinajstić information content (AvgIpc) is 2.71. The molecule has 0 aliphatic carbocycles. The lowest BCUT2D eigenvalue weighted by Crippen LogP contribution is -2.27. The van der Waals surface area contributed by atoms with Crippen LogP contribution in [0.2, 0.25) is 0 Å². The molecule has 160 valence electrons. The Labute approximate surface area is 177 Å². The molecule has 6 nitrogen and oxygen atoms in total. The highest BCUT2D eigenvalue weighted by Crippen LogP contribution is 2.29. The summed E-state index contributed by atoms with van der Waals surface area (Å²) in [4.78, 5) is 23.4. The summed E-state index contributed by atoms with van der Waals surface area (Å²) in [6.07, 6.45) is 1.13. The zero-order chi connectivity index (χ0) is 22.1. The summed E-state index contributed by atoms with van der Waals surface area (Å²) >= 11 is 0. The second-order valence-electron chi connectivity index (χ2n) is 7.67. The number of methoxy groups -OCH3 is 2. The number of hydrogen-bond acceptors (Lipinski definition) is 6. The van der Waals surface area contributed by atoms with E-state index in [0.717, 1.165) is 5.56 Å². The minimum atomic E-state index is -0.570. The van der Waals surface area contributed by atoms with Gasteiger partial charge in [0.15, 0.2) is 18.1 Å². The molecule has 0 aliphatic heterocycles. The Morgan fingerprint density at radius 1 is 1.00 bits per heavy atom. The minimum Gasteiger partial charge on any atom is -0.493 e. The number of rotatable bonds is 9. The second-order valence-corrected chi connectivity index (χ2v) is 7.67. The van der Waals surface area contributed by atoms with E-state index < -0.39 is 11.6 Å². The number of allylic oxidation sites excluding steroid dienone is 1. The van der Waals surface area contributed by atoms with Crippen LogP contribution in [0.25, 0.3) is 5.57 Å². The average molecular weight is 412 g/mol. The first-order chi connectivity index (χ1) is 14.3. The first-order valence-electron chi connectivity index (χ1n) is 9.65. The Bertz CT molecular complexity index is 920. The van der Waals surface area contributed by atoms with E-state index in [1.165, 1.54) is 0 Å². The molecule has 0 radical (unpaired) electrons. The summed E-state index contributed by atoms with van der Waals surface area (Å²) in [6, 6.07) is 12.7. The molecule has 0 saturated carbocycles. The molecule has 0 bridgehead atoms. The van der Waals surface area contributed by atoms with E-state index in [9.17, 15) is 9.59 Å². The van der Waals surface area contributed by atoms with Crippen LogP contribution in [0.4, 0.5) is 0 Å². The predicted molar refractivity (Wildman–Crippen MR) is 115 cm³/mol. The van der Waals surface area contributed by atoms with E-state index in [-0.39, 0.29) is 6.61 Å². The maximum absolute atomic E-state index is 11.8. The van der Waals surface area contributed by atoms with Crippen LogP contribution >= 0.6 is 0 Å². The number of aryl methyl sites for hydroxylation is 1. The smallest absolute Gasteiger partial charge is 0.344 e. The molecule has 2 aromatic rings. The fraction of sp³-hybridized carbons (Fsp3) is 0.375. The van der Waals surface area contributed by atoms with Gasteiger partial charge in [0.2, 0.25) is 0 Å². The van der Waals surface area contributed by atoms with Gasteiger partial charge in [0.05, 0.1) is 14.2 Å². The Kier molecular flexibility index (Phi) is 8.07. The van der Waals surface area contributed by atoms with Crippen molar-refractivity contribution in [3.05, 3.63) is 53.6 Å². The third kappa shape index (κ3) is 6.98. The second kappa shape index (κ2) is 10.5. The molecule has 0 saturated heterocycles. The van der Waals surface area contributed by atoms with Gasteiger partial charge in [-0.1, -0.05) is 18.2 Å². The highest BCUT2D eigenvalue weighted by molar-refractivity contribution is 5.87. The number of hydrogen-bond donors (Lipinski definition) is 0. The van der Waals surface area contributed by atoms with Crippen molar-refractivity contribution in [2.75, 3.05) is 20.8 Å². The SMILES string of the molecule is COc1ccc(CCC(=C=O)c2cccc(OCC(=O)OC(C)(C)C)c2)cc1OC. The maximum Gasteiger partial charge on any atom is 0.344 e. The molecule has 0 unspecified atom stereocenters. The summed E-state index contributed by atoms with van der Waals surface area (Å²) in [5.74, 6) is 3.36. The van der Waals surface area contributed by atoms with Gasteiger partial charge in [-0.25, -0.2) is 9.59 Å². The van der Waals surface area contributed by atoms with Crippen molar-refractivity contribution in [3.8, 4) is 17.2 Å². The van der Waals surface area contributed by atoms with Gasteiger partial charge in [-0.05, 0) is 69.0 Å². The molecule has 0 atom stereocenters. The first kappa shape index (κ1) is 23.0. The first-order valence-corrected chi connectivity index (χ1v) is 9.65. The third-order valence-corrected chi connectivity index (χ3v) is 4.19. The molecule has 0 N–H and O–H groups in total. The largest absolute Gasteiger partial charge is 0.493 e. The van der Waals surface area contributed by atoms with Crippen LogP contribution < -0.4 is 14.2 Å². The van der Waals surface area contributed by atoms with E-state index in [1.807, 2.05) is 30.2 Å². The van der Waals surface area contributed by atoms with E-state index in [2.05, 4.69) is 0 Å². The van der Waals surface area contributed by atoms with Gasteiger partial charge in [-0.3, -0.25) is 0 Å². The Hall–Kier alpha value is -3.24. The maximum atomic E-state index is 11.8. The Morgan fingerprint density at radius 3 is 2.37 bits per heavy atom. The fourth-order valence-electron chi connectivity index (χ4n) is 2.85. The molecule has 6 heteroatoms. The van der Waals surface area contributed by atoms with Gasteiger partial charge in [0.1, 0.15) is 17.3 Å². The van der Waals surface area contributed by atoms with E-state index in [0.29, 0.717) is 41.2 Å². The van der Waals surface area contributed by atoms with Crippen LogP contribution in [0.1, 0.15) is 38.3 Å². The quantitative estimate of drug-likeness (QED) is 0.452. The lowest BCUT2D eigenvalue weighted by atomic mass is 9.99. The summed E-state index contributed by atoms with van der Waals surface area (Å²) in [6.45, 7) is 5.19. The number of ether oxygens (including phenoxy) is 4. The number of benzene rings is 2. The molecule has 2 aromatic carbocycles. The molecule has 0 aromatic heterocycles. The molecule has 0 fully saturated rings. The van der Waals surface area contributed by atoms with Crippen LogP contribution in [0.5, 0.6) is 17.2 Å². The van der Waals surface area contributed by atoms with Crippen LogP contribution in [0.15, 0.2) is 42.5 Å². The summed E-state index contributed by atoms with van der Waals surface area (Å²) in [5, 5.41) is 0. The molecule has 30 heavy (non-hydrogen) atoms. The van der Waals surface area contributed by atoms with Gasteiger partial charge >= 0.3 is 5.97 Å². The van der Waals surface area contributed by atoms with Gasteiger partial charge in [0, 0.05) is 5.57 Å². The fourth-order valence-corrected chi connectivity index (χ4v) is 2.85. The lowest BCUT2D eigenvalue weighted by molar-refractivity contribution is -0.157.